The van der Waals surface area contributed by atoms with E-state index in [4.69, 9.17) is 31.8 Å². The fraction of sp³-hybridized carbons (Fsp3) is 0.442. The van der Waals surface area contributed by atoms with Gasteiger partial charge < -0.3 is 35.3 Å². The average Bonchev–Trinajstić information content (AvgIpc) is 3.92. The number of carbonyl (C=O) groups excluding carboxylic acids is 4. The maximum Gasteiger partial charge on any atom is 0.328 e. The maximum absolute atomic E-state index is 16.2. The Hall–Kier alpha value is -6.30. The highest BCUT2D eigenvalue weighted by atomic mass is 35.5. The molecule has 5 aromatic rings. The van der Waals surface area contributed by atoms with Crippen LogP contribution in [0.5, 0.6) is 11.5 Å². The Labute approximate surface area is 410 Å². The number of rotatable bonds is 12. The van der Waals surface area contributed by atoms with Gasteiger partial charge in [0, 0.05) is 112 Å². The molecule has 1 aromatic heterocycles. The summed E-state index contributed by atoms with van der Waals surface area (Å²) in [6.07, 6.45) is 5.33. The summed E-state index contributed by atoms with van der Waals surface area (Å²) in [4.78, 5) is 67.4. The molecule has 2 atom stereocenters. The summed E-state index contributed by atoms with van der Waals surface area (Å²) < 4.78 is 44.1. The number of benzene rings is 4. The van der Waals surface area contributed by atoms with Crippen LogP contribution in [0.15, 0.2) is 66.7 Å². The summed E-state index contributed by atoms with van der Waals surface area (Å²) in [5.74, 6) is -1.80. The molecule has 18 heteroatoms. The minimum absolute atomic E-state index is 0.00115. The zero-order valence-corrected chi connectivity index (χ0v) is 40.1. The van der Waals surface area contributed by atoms with E-state index in [2.05, 4.69) is 30.3 Å². The molecule has 4 fully saturated rings. The van der Waals surface area contributed by atoms with Gasteiger partial charge in [0.15, 0.2) is 17.2 Å². The number of ether oxygens (including phenoxy) is 2. The number of piperidine rings is 1. The van der Waals surface area contributed by atoms with Gasteiger partial charge in [-0.05, 0) is 80.3 Å². The van der Waals surface area contributed by atoms with Crippen LogP contribution in [0.25, 0.3) is 22.2 Å². The van der Waals surface area contributed by atoms with Crippen molar-refractivity contribution in [1.29, 1.82) is 0 Å². The molecule has 2 unspecified atom stereocenters. The molecule has 368 valence electrons. The van der Waals surface area contributed by atoms with Gasteiger partial charge in [0.25, 0.3) is 0 Å². The number of methoxy groups -OCH3 is 1. The van der Waals surface area contributed by atoms with Crippen LogP contribution < -0.4 is 35.6 Å². The molecule has 5 amide bonds. The molecular formula is C52H58ClF2N9O6. The number of imide groups is 1. The van der Waals surface area contributed by atoms with Crippen LogP contribution in [-0.2, 0) is 15.2 Å². The summed E-state index contributed by atoms with van der Waals surface area (Å²) in [6.45, 7) is 8.65. The second kappa shape index (κ2) is 19.5. The number of H-pyrrole nitrogens is 1. The zero-order valence-electron chi connectivity index (χ0n) is 39.4. The molecule has 15 nitrogen and oxygen atoms in total. The van der Waals surface area contributed by atoms with Crippen molar-refractivity contribution in [3.05, 3.63) is 100 Å². The number of aromatic amines is 1. The molecule has 5 aliphatic rings. The third-order valence-electron chi connectivity index (χ3n) is 15.4. The fourth-order valence-corrected chi connectivity index (χ4v) is 11.7. The smallest absolute Gasteiger partial charge is 0.328 e. The maximum atomic E-state index is 16.2. The van der Waals surface area contributed by atoms with E-state index >= 15 is 8.78 Å². The van der Waals surface area contributed by atoms with Gasteiger partial charge in [-0.3, -0.25) is 29.5 Å². The van der Waals surface area contributed by atoms with Crippen LogP contribution in [0.1, 0.15) is 79.3 Å². The van der Waals surface area contributed by atoms with Crippen molar-refractivity contribution in [2.75, 3.05) is 75.8 Å². The van der Waals surface area contributed by atoms with Crippen molar-refractivity contribution in [2.24, 2.45) is 17.6 Å². The normalized spacial score (nSPS) is 23.3. The summed E-state index contributed by atoms with van der Waals surface area (Å²) in [7, 11) is 1.30. The predicted molar refractivity (Wildman–Crippen MR) is 262 cm³/mol. The molecule has 5 N–H and O–H groups in total. The number of urea groups is 1. The van der Waals surface area contributed by atoms with Gasteiger partial charge >= 0.3 is 6.03 Å². The third kappa shape index (κ3) is 8.91. The van der Waals surface area contributed by atoms with Crippen molar-refractivity contribution < 1.29 is 37.4 Å². The van der Waals surface area contributed by atoms with Gasteiger partial charge in [-0.15, -0.1) is 0 Å². The molecule has 3 saturated heterocycles. The molecule has 4 aromatic carbocycles. The second-order valence-corrected chi connectivity index (χ2v) is 19.8. The van der Waals surface area contributed by atoms with Gasteiger partial charge in [-0.1, -0.05) is 48.9 Å². The van der Waals surface area contributed by atoms with Crippen LogP contribution in [0.3, 0.4) is 0 Å². The van der Waals surface area contributed by atoms with E-state index in [1.54, 1.807) is 4.90 Å². The van der Waals surface area contributed by atoms with E-state index < -0.39 is 35.1 Å². The first-order chi connectivity index (χ1) is 33.8. The SMILES string of the molecule is COc1ccc(C(N)=O)c(-c2c(Cl)c(F)cc3c2C(C)C(CNC2CCC(C(=O)N4CCC(CN5CCN(c6nc7ccc(N8CCC(=O)NC8=O)cc7[nH]6)CC5)CC4)CC2)(c2ccccc2)O3)c1F. The lowest BCUT2D eigenvalue weighted by Gasteiger charge is -2.40. The topological polar surface area (TPSA) is 178 Å². The van der Waals surface area contributed by atoms with Crippen LogP contribution in [0.4, 0.5) is 25.2 Å². The zero-order chi connectivity index (χ0) is 48.8. The van der Waals surface area contributed by atoms with E-state index in [-0.39, 0.29) is 63.4 Å². The Morgan fingerprint density at radius 3 is 2.37 bits per heavy atom. The molecule has 0 bridgehead atoms. The Bertz CT molecular complexity index is 2830. The Morgan fingerprint density at radius 2 is 1.67 bits per heavy atom. The molecule has 4 aliphatic heterocycles. The number of imidazole rings is 1. The van der Waals surface area contributed by atoms with Crippen molar-refractivity contribution in [3.8, 4) is 22.6 Å². The summed E-state index contributed by atoms with van der Waals surface area (Å²) in [5.41, 5.74) is 7.94. The van der Waals surface area contributed by atoms with Gasteiger partial charge in [-0.25, -0.2) is 18.6 Å². The number of hydrogen-bond acceptors (Lipinski definition) is 10. The van der Waals surface area contributed by atoms with Crippen LogP contribution in [0, 0.1) is 23.5 Å². The second-order valence-electron chi connectivity index (χ2n) is 19.4. The van der Waals surface area contributed by atoms with Crippen molar-refractivity contribution in [3.63, 3.8) is 0 Å². The number of aromatic nitrogens is 2. The number of nitrogens with two attached hydrogens (primary N) is 1. The molecule has 0 radical (unpaired) electrons. The summed E-state index contributed by atoms with van der Waals surface area (Å²) in [5, 5.41) is 5.78. The van der Waals surface area contributed by atoms with Gasteiger partial charge in [0.2, 0.25) is 23.7 Å². The van der Waals surface area contributed by atoms with Gasteiger partial charge in [0.05, 0.1) is 28.7 Å². The number of nitrogens with one attached hydrogen (secondary N) is 3. The van der Waals surface area contributed by atoms with E-state index in [1.165, 1.54) is 25.3 Å². The average molecular weight is 979 g/mol. The number of piperazine rings is 1. The van der Waals surface area contributed by atoms with Crippen molar-refractivity contribution in [2.45, 2.75) is 69.4 Å². The largest absolute Gasteiger partial charge is 0.494 e. The highest BCUT2D eigenvalue weighted by Crippen LogP contribution is 2.56. The minimum atomic E-state index is -1.07. The fourth-order valence-electron chi connectivity index (χ4n) is 11.4. The first-order valence-corrected chi connectivity index (χ1v) is 24.7. The molecule has 5 heterocycles. The monoisotopic (exact) mass is 977 g/mol. The first-order valence-electron chi connectivity index (χ1n) is 24.4. The summed E-state index contributed by atoms with van der Waals surface area (Å²) in [6, 6.07) is 18.9. The number of halogens is 3. The van der Waals surface area contributed by atoms with Crippen LogP contribution in [0.2, 0.25) is 5.02 Å². The van der Waals surface area contributed by atoms with Crippen molar-refractivity contribution >= 4 is 58.0 Å². The number of likely N-dealkylation sites (tertiary alicyclic amines) is 1. The molecule has 10 rings (SSSR count). The van der Waals surface area contributed by atoms with Gasteiger partial charge in [0.1, 0.15) is 11.6 Å². The minimum Gasteiger partial charge on any atom is -0.494 e. The lowest BCUT2D eigenvalue weighted by atomic mass is 9.77. The van der Waals surface area contributed by atoms with E-state index in [9.17, 15) is 19.2 Å². The highest BCUT2D eigenvalue weighted by Gasteiger charge is 2.50. The first kappa shape index (κ1) is 47.4. The molecule has 1 saturated carbocycles. The van der Waals surface area contributed by atoms with E-state index in [0.717, 1.165) is 113 Å². The standard InChI is InChI=1S/C52H58ClF2N9O6/c1-30-43-41(27-37(54)46(53)45(43)44-36(48(56)66)13-15-40(69-2)47(44)55)70-52(30,33-6-4-3-5-7-33)29-57-34-10-8-32(9-11-34)49(67)62-19-16-31(17-20-62)28-61-22-24-63(25-23-61)50-58-38-14-12-35(26-39(38)59-50)64-21-18-42(65)60-51(64)68/h3-7,12-15,26-27,30-32,34,57H,8-11,16-25,28-29H2,1-2H3,(H2,56,66)(H,58,59)(H,60,65,68). The molecule has 70 heavy (non-hydrogen) atoms. The van der Waals surface area contributed by atoms with Crippen LogP contribution in [-0.4, -0.2) is 116 Å². The Kier molecular flexibility index (Phi) is 13.2. The number of fused-ring (bicyclic) bond motifs is 2. The number of anilines is 2. The lowest BCUT2D eigenvalue weighted by molar-refractivity contribution is -0.138. The van der Waals surface area contributed by atoms with Gasteiger partial charge in [-0.2, -0.15) is 0 Å². The summed E-state index contributed by atoms with van der Waals surface area (Å²) >= 11 is 6.70. The Morgan fingerprint density at radius 1 is 0.929 bits per heavy atom. The molecule has 1 aliphatic carbocycles. The quantitative estimate of drug-likeness (QED) is 0.0991. The van der Waals surface area contributed by atoms with Crippen LogP contribution >= 0.6 is 11.6 Å². The number of hydrogen-bond donors (Lipinski definition) is 4. The third-order valence-corrected chi connectivity index (χ3v) is 15.8. The Balaban J connectivity index is 0.724. The number of primary amides is 1. The van der Waals surface area contributed by atoms with E-state index in [1.807, 2.05) is 55.5 Å². The lowest BCUT2D eigenvalue weighted by Crippen LogP contribution is -2.50. The van der Waals surface area contributed by atoms with Crippen molar-refractivity contribution in [1.82, 2.24) is 30.4 Å². The predicted octanol–water partition coefficient (Wildman–Crippen LogP) is 7.32. The highest BCUT2D eigenvalue weighted by molar-refractivity contribution is 6.34. The molecular weight excluding hydrogens is 920 g/mol. The molecule has 0 spiro atoms. The number of amides is 5. The number of carbonyl (C=O) groups is 4. The number of nitrogens with zero attached hydrogens (tertiary/aromatic N) is 5. The van der Waals surface area contributed by atoms with E-state index in [0.29, 0.717) is 24.6 Å².